The first kappa shape index (κ1) is 18.8. The number of hydrogen-bond acceptors (Lipinski definition) is 4. The fourth-order valence-electron chi connectivity index (χ4n) is 3.48. The average molecular weight is 406 g/mol. The van der Waals surface area contributed by atoms with E-state index < -0.39 is 4.92 Å². The second kappa shape index (κ2) is 7.14. The Hall–Kier alpha value is -3.52. The molecule has 1 amide bonds. The van der Waals surface area contributed by atoms with Gasteiger partial charge in [0.15, 0.2) is 5.11 Å². The highest BCUT2D eigenvalue weighted by molar-refractivity contribution is 7.80. The molecule has 3 aromatic rings. The average Bonchev–Trinajstić information content (AvgIpc) is 3.15. The summed E-state index contributed by atoms with van der Waals surface area (Å²) in [5.74, 6) is -0.135. The first-order chi connectivity index (χ1) is 13.9. The van der Waals surface area contributed by atoms with Crippen LogP contribution in [-0.4, -0.2) is 44.4 Å². The third-order valence-electron chi connectivity index (χ3n) is 5.07. The van der Waals surface area contributed by atoms with Crippen molar-refractivity contribution in [3.8, 4) is 0 Å². The summed E-state index contributed by atoms with van der Waals surface area (Å²) in [5.41, 5.74) is 3.47. The summed E-state index contributed by atoms with van der Waals surface area (Å²) in [6.45, 7) is 0.559. The number of nitro benzene ring substituents is 1. The molecule has 0 unspecified atom stereocenters. The number of likely N-dealkylation sites (N-methyl/N-ethyl adjacent to an activating group) is 2. The third kappa shape index (κ3) is 3.27. The van der Waals surface area contributed by atoms with Crippen LogP contribution >= 0.6 is 12.2 Å². The smallest absolute Gasteiger partial charge is 0.276 e. The van der Waals surface area contributed by atoms with E-state index in [1.54, 1.807) is 31.1 Å². The lowest BCUT2D eigenvalue weighted by Gasteiger charge is -2.10. The molecule has 4 rings (SSSR count). The van der Waals surface area contributed by atoms with Gasteiger partial charge in [0.05, 0.1) is 4.92 Å². The first-order valence-electron chi connectivity index (χ1n) is 8.95. The number of hydrogen-bond donors (Lipinski definition) is 0. The minimum Gasteiger partial charge on any atom is -0.342 e. The molecular weight excluding hydrogens is 388 g/mol. The van der Waals surface area contributed by atoms with Gasteiger partial charge in [-0.15, -0.1) is 0 Å². The van der Waals surface area contributed by atoms with Gasteiger partial charge >= 0.3 is 0 Å². The standard InChI is InChI=1S/C21H18N4O3S/c1-22-19(20(26)23(2)21(22)29)11-15-13-24(18-6-4-3-5-17(15)18)12-14-7-9-16(10-8-14)25(27)28/h3-11,13H,12H2,1-2H3/b19-11+. The van der Waals surface area contributed by atoms with Crippen molar-refractivity contribution in [3.05, 3.63) is 81.7 Å². The van der Waals surface area contributed by atoms with Gasteiger partial charge in [-0.25, -0.2) is 0 Å². The number of rotatable bonds is 4. The number of fused-ring (bicyclic) bond motifs is 1. The second-order valence-electron chi connectivity index (χ2n) is 6.89. The van der Waals surface area contributed by atoms with Gasteiger partial charge in [0.1, 0.15) is 5.70 Å². The molecule has 0 atom stereocenters. The minimum absolute atomic E-state index is 0.0689. The van der Waals surface area contributed by atoms with E-state index in [1.165, 1.54) is 17.0 Å². The molecule has 1 aliphatic heterocycles. The van der Waals surface area contributed by atoms with Crippen molar-refractivity contribution in [1.29, 1.82) is 0 Å². The van der Waals surface area contributed by atoms with Gasteiger partial charge in [-0.1, -0.05) is 30.3 Å². The predicted octanol–water partition coefficient (Wildman–Crippen LogP) is 3.63. The van der Waals surface area contributed by atoms with Crippen LogP contribution < -0.4 is 0 Å². The lowest BCUT2D eigenvalue weighted by molar-refractivity contribution is -0.384. The van der Waals surface area contributed by atoms with Gasteiger partial charge in [0, 0.05) is 55.4 Å². The van der Waals surface area contributed by atoms with E-state index in [-0.39, 0.29) is 11.6 Å². The van der Waals surface area contributed by atoms with Gasteiger partial charge in [-0.2, -0.15) is 0 Å². The summed E-state index contributed by atoms with van der Waals surface area (Å²) in [4.78, 5) is 26.1. The lowest BCUT2D eigenvalue weighted by Crippen LogP contribution is -2.26. The molecule has 0 bridgehead atoms. The Morgan fingerprint density at radius 2 is 1.76 bits per heavy atom. The van der Waals surface area contributed by atoms with Crippen LogP contribution in [0.4, 0.5) is 5.69 Å². The number of para-hydroxylation sites is 1. The Balaban J connectivity index is 1.74. The number of thiocarbonyl (C=S) groups is 1. The highest BCUT2D eigenvalue weighted by atomic mass is 32.1. The van der Waals surface area contributed by atoms with E-state index in [0.717, 1.165) is 22.0 Å². The maximum Gasteiger partial charge on any atom is 0.276 e. The zero-order valence-electron chi connectivity index (χ0n) is 15.9. The van der Waals surface area contributed by atoms with Crippen molar-refractivity contribution in [2.75, 3.05) is 14.1 Å². The Kier molecular flexibility index (Phi) is 4.63. The van der Waals surface area contributed by atoms with Gasteiger partial charge < -0.3 is 9.47 Å². The monoisotopic (exact) mass is 406 g/mol. The zero-order chi connectivity index (χ0) is 20.7. The van der Waals surface area contributed by atoms with E-state index in [2.05, 4.69) is 4.57 Å². The highest BCUT2D eigenvalue weighted by Crippen LogP contribution is 2.27. The molecule has 1 fully saturated rings. The summed E-state index contributed by atoms with van der Waals surface area (Å²) in [6, 6.07) is 14.5. The third-order valence-corrected chi connectivity index (χ3v) is 5.62. The fraction of sp³-hybridized carbons (Fsp3) is 0.143. The van der Waals surface area contributed by atoms with E-state index in [1.807, 2.05) is 36.5 Å². The fourth-order valence-corrected chi connectivity index (χ4v) is 3.66. The quantitative estimate of drug-likeness (QED) is 0.286. The maximum atomic E-state index is 12.5. The molecule has 2 heterocycles. The van der Waals surface area contributed by atoms with Crippen molar-refractivity contribution in [2.24, 2.45) is 0 Å². The zero-order valence-corrected chi connectivity index (χ0v) is 16.7. The minimum atomic E-state index is -0.407. The SMILES string of the molecule is CN1C(=O)/C(=C\c2cn(Cc3ccc([N+](=O)[O-])cc3)c3ccccc23)N(C)C1=S. The van der Waals surface area contributed by atoms with Crippen molar-refractivity contribution < 1.29 is 9.72 Å². The summed E-state index contributed by atoms with van der Waals surface area (Å²) < 4.78 is 2.07. The summed E-state index contributed by atoms with van der Waals surface area (Å²) in [5, 5.41) is 12.3. The van der Waals surface area contributed by atoms with E-state index in [0.29, 0.717) is 17.4 Å². The summed E-state index contributed by atoms with van der Waals surface area (Å²) in [6.07, 6.45) is 3.84. The van der Waals surface area contributed by atoms with E-state index in [9.17, 15) is 14.9 Å². The van der Waals surface area contributed by atoms with Crippen LogP contribution in [-0.2, 0) is 11.3 Å². The van der Waals surface area contributed by atoms with Crippen LogP contribution in [0.15, 0.2) is 60.4 Å². The van der Waals surface area contributed by atoms with Crippen molar-refractivity contribution in [2.45, 2.75) is 6.54 Å². The second-order valence-corrected chi connectivity index (χ2v) is 7.25. The van der Waals surface area contributed by atoms with Crippen LogP contribution in [0, 0.1) is 10.1 Å². The van der Waals surface area contributed by atoms with Crippen LogP contribution in [0.5, 0.6) is 0 Å². The normalized spacial score (nSPS) is 15.7. The van der Waals surface area contributed by atoms with Gasteiger partial charge in [-0.3, -0.25) is 19.8 Å². The number of non-ortho nitro benzene ring substituents is 1. The van der Waals surface area contributed by atoms with Crippen LogP contribution in [0.2, 0.25) is 0 Å². The van der Waals surface area contributed by atoms with Crippen molar-refractivity contribution in [3.63, 3.8) is 0 Å². The molecular formula is C21H18N4O3S. The predicted molar refractivity (Wildman–Crippen MR) is 115 cm³/mol. The Morgan fingerprint density at radius 3 is 2.38 bits per heavy atom. The molecule has 0 aliphatic carbocycles. The molecule has 8 heteroatoms. The summed E-state index contributed by atoms with van der Waals surface area (Å²) >= 11 is 5.29. The van der Waals surface area contributed by atoms with Crippen LogP contribution in [0.1, 0.15) is 11.1 Å². The molecule has 1 aromatic heterocycles. The topological polar surface area (TPSA) is 71.6 Å². The number of carbonyl (C=O) groups is 1. The number of carbonyl (C=O) groups excluding carboxylic acids is 1. The Labute approximate surface area is 172 Å². The van der Waals surface area contributed by atoms with Gasteiger partial charge in [0.2, 0.25) is 0 Å². The molecule has 29 heavy (non-hydrogen) atoms. The molecule has 0 saturated carbocycles. The Morgan fingerprint density at radius 1 is 1.07 bits per heavy atom. The maximum absolute atomic E-state index is 12.5. The van der Waals surface area contributed by atoms with E-state index >= 15 is 0 Å². The molecule has 0 spiro atoms. The summed E-state index contributed by atoms with van der Waals surface area (Å²) in [7, 11) is 3.45. The van der Waals surface area contributed by atoms with Gasteiger partial charge in [-0.05, 0) is 29.9 Å². The first-order valence-corrected chi connectivity index (χ1v) is 9.36. The number of nitrogens with zero attached hydrogens (tertiary/aromatic N) is 4. The molecule has 1 aliphatic rings. The molecule has 2 aromatic carbocycles. The van der Waals surface area contributed by atoms with Gasteiger partial charge in [0.25, 0.3) is 11.6 Å². The number of benzene rings is 2. The largest absolute Gasteiger partial charge is 0.342 e. The number of amides is 1. The van der Waals surface area contributed by atoms with Crippen molar-refractivity contribution >= 4 is 45.9 Å². The van der Waals surface area contributed by atoms with Crippen LogP contribution in [0.25, 0.3) is 17.0 Å². The van der Waals surface area contributed by atoms with Crippen molar-refractivity contribution in [1.82, 2.24) is 14.4 Å². The molecule has 146 valence electrons. The lowest BCUT2D eigenvalue weighted by atomic mass is 10.1. The highest BCUT2D eigenvalue weighted by Gasteiger charge is 2.32. The molecule has 0 N–H and O–H groups in total. The molecule has 7 nitrogen and oxygen atoms in total. The Bertz CT molecular complexity index is 1180. The molecule has 0 radical (unpaired) electrons. The van der Waals surface area contributed by atoms with Crippen LogP contribution in [0.3, 0.4) is 0 Å². The van der Waals surface area contributed by atoms with E-state index in [4.69, 9.17) is 12.2 Å². The molecule has 1 saturated heterocycles. The number of nitro groups is 1. The number of aromatic nitrogens is 1.